The number of rotatable bonds is 5. The van der Waals surface area contributed by atoms with E-state index in [0.29, 0.717) is 17.7 Å². The van der Waals surface area contributed by atoms with Crippen LogP contribution in [0.3, 0.4) is 0 Å². The zero-order valence-corrected chi connectivity index (χ0v) is 11.5. The molecule has 0 heterocycles. The number of nitrogens with one attached hydrogen (secondary N) is 1. The molecule has 0 aliphatic heterocycles. The van der Waals surface area contributed by atoms with Gasteiger partial charge in [0.2, 0.25) is 5.91 Å². The molecule has 2 aromatic carbocycles. The minimum Gasteiger partial charge on any atom is -0.396 e. The third-order valence-electron chi connectivity index (χ3n) is 3.15. The van der Waals surface area contributed by atoms with Crippen molar-refractivity contribution in [2.24, 2.45) is 0 Å². The highest BCUT2D eigenvalue weighted by atomic mass is 16.2. The zero-order chi connectivity index (χ0) is 15.1. The summed E-state index contributed by atoms with van der Waals surface area (Å²) >= 11 is 0. The SMILES string of the molecule is N#CC(C(=O)Nc1ccc(CCO)cc1)c1ccccc1. The van der Waals surface area contributed by atoms with E-state index in [1.54, 1.807) is 36.4 Å². The van der Waals surface area contributed by atoms with E-state index >= 15 is 0 Å². The molecule has 0 bridgehead atoms. The van der Waals surface area contributed by atoms with Gasteiger partial charge in [0, 0.05) is 12.3 Å². The first-order chi connectivity index (χ1) is 10.2. The number of carbonyl (C=O) groups is 1. The molecular formula is C17H16N2O2. The number of aliphatic hydroxyl groups excluding tert-OH is 1. The molecule has 1 unspecified atom stereocenters. The fraction of sp³-hybridized carbons (Fsp3) is 0.176. The number of aliphatic hydroxyl groups is 1. The molecule has 0 aliphatic rings. The minimum absolute atomic E-state index is 0.0935. The van der Waals surface area contributed by atoms with Crippen LogP contribution in [-0.4, -0.2) is 17.6 Å². The number of benzene rings is 2. The maximum absolute atomic E-state index is 12.2. The molecule has 2 aromatic rings. The van der Waals surface area contributed by atoms with Gasteiger partial charge >= 0.3 is 0 Å². The van der Waals surface area contributed by atoms with Gasteiger partial charge in [-0.05, 0) is 29.7 Å². The van der Waals surface area contributed by atoms with Crippen LogP contribution in [-0.2, 0) is 11.2 Å². The van der Waals surface area contributed by atoms with Crippen LogP contribution < -0.4 is 5.32 Å². The van der Waals surface area contributed by atoms with Gasteiger partial charge in [-0.3, -0.25) is 4.79 Å². The number of hydrogen-bond donors (Lipinski definition) is 2. The van der Waals surface area contributed by atoms with E-state index in [1.165, 1.54) is 0 Å². The van der Waals surface area contributed by atoms with Crippen LogP contribution in [0.1, 0.15) is 17.0 Å². The molecule has 1 amide bonds. The lowest BCUT2D eigenvalue weighted by molar-refractivity contribution is -0.116. The average Bonchev–Trinajstić information content (AvgIpc) is 2.51. The van der Waals surface area contributed by atoms with Crippen molar-refractivity contribution < 1.29 is 9.90 Å². The lowest BCUT2D eigenvalue weighted by Crippen LogP contribution is -2.19. The third-order valence-corrected chi connectivity index (χ3v) is 3.15. The van der Waals surface area contributed by atoms with Crippen molar-refractivity contribution in [1.82, 2.24) is 0 Å². The number of nitrogens with zero attached hydrogens (tertiary/aromatic N) is 1. The topological polar surface area (TPSA) is 73.1 Å². The van der Waals surface area contributed by atoms with Gasteiger partial charge in [0.25, 0.3) is 0 Å². The van der Waals surface area contributed by atoms with E-state index in [0.717, 1.165) is 5.56 Å². The Morgan fingerprint density at radius 3 is 2.38 bits per heavy atom. The quantitative estimate of drug-likeness (QED) is 0.883. The van der Waals surface area contributed by atoms with Crippen LogP contribution in [0.25, 0.3) is 0 Å². The molecule has 106 valence electrons. The fourth-order valence-electron chi connectivity index (χ4n) is 2.03. The van der Waals surface area contributed by atoms with Gasteiger partial charge in [0.15, 0.2) is 5.92 Å². The second-order valence-corrected chi connectivity index (χ2v) is 4.63. The van der Waals surface area contributed by atoms with Crippen molar-refractivity contribution in [2.75, 3.05) is 11.9 Å². The number of hydrogen-bond acceptors (Lipinski definition) is 3. The highest BCUT2D eigenvalue weighted by Gasteiger charge is 2.19. The van der Waals surface area contributed by atoms with E-state index < -0.39 is 5.92 Å². The Morgan fingerprint density at radius 2 is 1.81 bits per heavy atom. The van der Waals surface area contributed by atoms with Gasteiger partial charge in [-0.2, -0.15) is 5.26 Å². The van der Waals surface area contributed by atoms with Crippen LogP contribution in [0.15, 0.2) is 54.6 Å². The summed E-state index contributed by atoms with van der Waals surface area (Å²) in [5, 5.41) is 20.8. The highest BCUT2D eigenvalue weighted by molar-refractivity contribution is 5.97. The molecule has 2 N–H and O–H groups in total. The van der Waals surface area contributed by atoms with Crippen molar-refractivity contribution in [1.29, 1.82) is 5.26 Å². The van der Waals surface area contributed by atoms with Crippen LogP contribution in [0.2, 0.25) is 0 Å². The molecule has 0 aromatic heterocycles. The molecule has 0 spiro atoms. The first-order valence-electron chi connectivity index (χ1n) is 6.70. The van der Waals surface area contributed by atoms with Gasteiger partial charge in [-0.15, -0.1) is 0 Å². The molecule has 21 heavy (non-hydrogen) atoms. The van der Waals surface area contributed by atoms with E-state index in [2.05, 4.69) is 5.32 Å². The molecule has 0 fully saturated rings. The molecule has 0 radical (unpaired) electrons. The van der Waals surface area contributed by atoms with Crippen molar-refractivity contribution in [3.63, 3.8) is 0 Å². The summed E-state index contributed by atoms with van der Waals surface area (Å²) in [4.78, 5) is 12.2. The van der Waals surface area contributed by atoms with E-state index in [-0.39, 0.29) is 12.5 Å². The van der Waals surface area contributed by atoms with Crippen molar-refractivity contribution in [3.05, 3.63) is 65.7 Å². The minimum atomic E-state index is -0.830. The summed E-state index contributed by atoms with van der Waals surface area (Å²) in [5.41, 5.74) is 2.31. The van der Waals surface area contributed by atoms with Gasteiger partial charge in [-0.25, -0.2) is 0 Å². The van der Waals surface area contributed by atoms with Crippen molar-refractivity contribution >= 4 is 11.6 Å². The Kier molecular flexibility index (Phi) is 5.08. The summed E-state index contributed by atoms with van der Waals surface area (Å²) in [6.07, 6.45) is 0.582. The summed E-state index contributed by atoms with van der Waals surface area (Å²) in [5.74, 6) is -1.18. The highest BCUT2D eigenvalue weighted by Crippen LogP contribution is 2.18. The van der Waals surface area contributed by atoms with Gasteiger partial charge < -0.3 is 10.4 Å². The second kappa shape index (κ2) is 7.22. The monoisotopic (exact) mass is 280 g/mol. The number of amides is 1. The fourth-order valence-corrected chi connectivity index (χ4v) is 2.03. The first kappa shape index (κ1) is 14.8. The second-order valence-electron chi connectivity index (χ2n) is 4.63. The van der Waals surface area contributed by atoms with Gasteiger partial charge in [-0.1, -0.05) is 42.5 Å². The Hall–Kier alpha value is -2.64. The van der Waals surface area contributed by atoms with E-state index in [1.807, 2.05) is 24.3 Å². The normalized spacial score (nSPS) is 11.4. The Bertz CT molecular complexity index is 630. The molecule has 0 aliphatic carbocycles. The standard InChI is InChI=1S/C17H16N2O2/c18-12-16(14-4-2-1-3-5-14)17(21)19-15-8-6-13(7-9-15)10-11-20/h1-9,16,20H,10-11H2,(H,19,21). The predicted octanol–water partition coefficient (Wildman–Crippen LogP) is 2.47. The molecular weight excluding hydrogens is 264 g/mol. The maximum atomic E-state index is 12.2. The summed E-state index contributed by atoms with van der Waals surface area (Å²) in [6.45, 7) is 0.0935. The molecule has 1 atom stereocenters. The van der Waals surface area contributed by atoms with Crippen LogP contribution >= 0.6 is 0 Å². The van der Waals surface area contributed by atoms with E-state index in [9.17, 15) is 10.1 Å². The summed E-state index contributed by atoms with van der Waals surface area (Å²) in [6, 6.07) is 18.2. The molecule has 4 nitrogen and oxygen atoms in total. The zero-order valence-electron chi connectivity index (χ0n) is 11.5. The lowest BCUT2D eigenvalue weighted by atomic mass is 10.00. The van der Waals surface area contributed by atoms with Crippen molar-refractivity contribution in [2.45, 2.75) is 12.3 Å². The predicted molar refractivity (Wildman–Crippen MR) is 80.7 cm³/mol. The Balaban J connectivity index is 2.08. The van der Waals surface area contributed by atoms with E-state index in [4.69, 9.17) is 5.11 Å². The molecule has 4 heteroatoms. The maximum Gasteiger partial charge on any atom is 0.246 e. The van der Waals surface area contributed by atoms with Gasteiger partial charge in [0.1, 0.15) is 0 Å². The summed E-state index contributed by atoms with van der Waals surface area (Å²) < 4.78 is 0. The Labute approximate surface area is 123 Å². The van der Waals surface area contributed by atoms with Crippen LogP contribution in [0.4, 0.5) is 5.69 Å². The van der Waals surface area contributed by atoms with Gasteiger partial charge in [0.05, 0.1) is 6.07 Å². The van der Waals surface area contributed by atoms with Crippen LogP contribution in [0, 0.1) is 11.3 Å². The molecule has 2 rings (SSSR count). The number of carbonyl (C=O) groups excluding carboxylic acids is 1. The largest absolute Gasteiger partial charge is 0.396 e. The smallest absolute Gasteiger partial charge is 0.246 e. The van der Waals surface area contributed by atoms with Crippen molar-refractivity contribution in [3.8, 4) is 6.07 Å². The number of anilines is 1. The summed E-state index contributed by atoms with van der Waals surface area (Å²) in [7, 11) is 0. The molecule has 0 saturated heterocycles. The lowest BCUT2D eigenvalue weighted by Gasteiger charge is -2.11. The number of nitriles is 1. The third kappa shape index (κ3) is 3.91. The molecule has 0 saturated carbocycles. The first-order valence-corrected chi connectivity index (χ1v) is 6.70. The Morgan fingerprint density at radius 1 is 1.14 bits per heavy atom. The average molecular weight is 280 g/mol. The van der Waals surface area contributed by atoms with Crippen LogP contribution in [0.5, 0.6) is 0 Å².